The van der Waals surface area contributed by atoms with Crippen LogP contribution in [0.25, 0.3) is 0 Å². The van der Waals surface area contributed by atoms with Crippen molar-refractivity contribution in [3.05, 3.63) is 0 Å². The van der Waals surface area contributed by atoms with E-state index in [0.29, 0.717) is 165 Å². The lowest BCUT2D eigenvalue weighted by Crippen LogP contribution is -2.33. The predicted molar refractivity (Wildman–Crippen MR) is 199 cm³/mol. The van der Waals surface area contributed by atoms with Gasteiger partial charge in [0.1, 0.15) is 0 Å². The van der Waals surface area contributed by atoms with Crippen molar-refractivity contribution in [3.8, 4) is 0 Å². The van der Waals surface area contributed by atoms with E-state index in [2.05, 4.69) is 27.9 Å². The van der Waals surface area contributed by atoms with Crippen molar-refractivity contribution in [3.63, 3.8) is 0 Å². The van der Waals surface area contributed by atoms with E-state index < -0.39 is 0 Å². The van der Waals surface area contributed by atoms with Crippen molar-refractivity contribution in [2.24, 2.45) is 0 Å². The summed E-state index contributed by atoms with van der Waals surface area (Å²) >= 11 is 2.42. The highest BCUT2D eigenvalue weighted by atomic mass is 127. The molecule has 0 aliphatic carbocycles. The minimum atomic E-state index is 0.372. The highest BCUT2D eigenvalue weighted by Gasteiger charge is 2.12. The first-order chi connectivity index (χ1) is 24.9. The average molecular weight is 840 g/mol. The van der Waals surface area contributed by atoms with Crippen LogP contribution in [0.4, 0.5) is 0 Å². The number of nitrogens with one attached hydrogen (secondary N) is 1. The van der Waals surface area contributed by atoms with Gasteiger partial charge in [-0.3, -0.25) is 0 Å². The molecule has 1 rings (SSSR count). The van der Waals surface area contributed by atoms with E-state index in [1.54, 1.807) is 0 Å². The smallest absolute Gasteiger partial charge is 0.0704 e. The zero-order chi connectivity index (χ0) is 35.5. The van der Waals surface area contributed by atoms with E-state index in [0.717, 1.165) is 39.0 Å². The first-order valence-electron chi connectivity index (χ1n) is 18.7. The van der Waals surface area contributed by atoms with E-state index in [9.17, 15) is 0 Å². The molecule has 1 heterocycles. The van der Waals surface area contributed by atoms with Gasteiger partial charge in [0.2, 0.25) is 0 Å². The molecule has 0 unspecified atom stereocenters. The highest BCUT2D eigenvalue weighted by molar-refractivity contribution is 14.1. The van der Waals surface area contributed by atoms with E-state index in [4.69, 9.17) is 61.6 Å². The number of unbranched alkanes of at least 4 members (excludes halogenated alkanes) is 3. The number of hydrogen-bond acceptors (Lipinski definition) is 14. The fourth-order valence-corrected chi connectivity index (χ4v) is 4.95. The molecule has 15 heteroatoms. The van der Waals surface area contributed by atoms with Crippen LogP contribution in [0.5, 0.6) is 0 Å². The Morgan fingerprint density at radius 3 is 0.880 bits per heavy atom. The molecule has 0 radical (unpaired) electrons. The third kappa shape index (κ3) is 39.4. The normalized spacial score (nSPS) is 13.9. The van der Waals surface area contributed by atoms with Crippen LogP contribution in [0.1, 0.15) is 38.5 Å². The summed E-state index contributed by atoms with van der Waals surface area (Å²) < 4.78 is 73.1. The molecule has 1 aliphatic rings. The summed E-state index contributed by atoms with van der Waals surface area (Å²) in [4.78, 5) is 0. The predicted octanol–water partition coefficient (Wildman–Crippen LogP) is 2.95. The Balaban J connectivity index is 1.59. The highest BCUT2D eigenvalue weighted by Crippen LogP contribution is 2.06. The van der Waals surface area contributed by atoms with Crippen molar-refractivity contribution in [2.75, 3.05) is 183 Å². The van der Waals surface area contributed by atoms with Crippen LogP contribution in [0.2, 0.25) is 0 Å². The van der Waals surface area contributed by atoms with Gasteiger partial charge in [0.05, 0.1) is 165 Å². The zero-order valence-electron chi connectivity index (χ0n) is 30.8. The lowest BCUT2D eigenvalue weighted by Gasteiger charge is -2.22. The quantitative estimate of drug-likeness (QED) is 0.0549. The minimum Gasteiger partial charge on any atom is -0.379 e. The summed E-state index contributed by atoms with van der Waals surface area (Å²) in [6.07, 6.45) is 7.51. The number of hydrogen-bond donors (Lipinski definition) is 1. The van der Waals surface area contributed by atoms with Gasteiger partial charge in [0, 0.05) is 6.61 Å². The minimum absolute atomic E-state index is 0.372. The van der Waals surface area contributed by atoms with Crippen molar-refractivity contribution in [1.82, 2.24) is 5.32 Å². The third-order valence-electron chi connectivity index (χ3n) is 7.13. The summed E-state index contributed by atoms with van der Waals surface area (Å²) in [6, 6.07) is 0. The van der Waals surface area contributed by atoms with Crippen molar-refractivity contribution in [2.45, 2.75) is 44.6 Å². The van der Waals surface area contributed by atoms with E-state index in [1.165, 1.54) is 23.7 Å². The second-order valence-corrected chi connectivity index (χ2v) is 12.4. The van der Waals surface area contributed by atoms with E-state index >= 15 is 0 Å². The molecule has 0 spiro atoms. The standard InChI is InChI=1S/C35H70INO13/c36-7-3-1-2-4-10-38-11-12-39-13-14-40-15-16-41-17-18-42-19-20-43-21-22-44-23-24-45-25-26-46-27-28-47-29-30-48-31-32-49-33-34-50-35-5-8-37-9-6-35/h35,37H,1-34H2. The van der Waals surface area contributed by atoms with Crippen molar-refractivity contribution >= 4 is 22.6 Å². The monoisotopic (exact) mass is 839 g/mol. The van der Waals surface area contributed by atoms with Crippen molar-refractivity contribution in [1.29, 1.82) is 0 Å². The molecule has 300 valence electrons. The maximum Gasteiger partial charge on any atom is 0.0704 e. The number of alkyl halides is 1. The molecule has 0 atom stereocenters. The lowest BCUT2D eigenvalue weighted by molar-refractivity contribution is -0.0327. The van der Waals surface area contributed by atoms with Crippen molar-refractivity contribution < 1.29 is 61.6 Å². The van der Waals surface area contributed by atoms with Gasteiger partial charge < -0.3 is 66.9 Å². The Morgan fingerprint density at radius 2 is 0.580 bits per heavy atom. The summed E-state index contributed by atoms with van der Waals surface area (Å²) in [7, 11) is 0. The Kier molecular flexibility index (Phi) is 42.0. The second kappa shape index (κ2) is 43.6. The van der Waals surface area contributed by atoms with Crippen LogP contribution in [-0.4, -0.2) is 189 Å². The lowest BCUT2D eigenvalue weighted by atomic mass is 10.1. The van der Waals surface area contributed by atoms with Crippen LogP contribution in [-0.2, 0) is 61.6 Å². The first kappa shape index (κ1) is 48.2. The molecule has 1 N–H and O–H groups in total. The molecule has 14 nitrogen and oxygen atoms in total. The summed E-state index contributed by atoms with van der Waals surface area (Å²) in [6.45, 7) is 16.0. The topological polar surface area (TPSA) is 132 Å². The first-order valence-corrected chi connectivity index (χ1v) is 20.3. The van der Waals surface area contributed by atoms with Gasteiger partial charge in [-0.05, 0) is 43.2 Å². The number of ether oxygens (including phenoxy) is 13. The summed E-state index contributed by atoms with van der Waals surface area (Å²) in [5, 5.41) is 3.33. The molecular weight excluding hydrogens is 769 g/mol. The summed E-state index contributed by atoms with van der Waals surface area (Å²) in [5.74, 6) is 0. The molecule has 50 heavy (non-hydrogen) atoms. The van der Waals surface area contributed by atoms with E-state index in [1.807, 2.05) is 0 Å². The van der Waals surface area contributed by atoms with Crippen LogP contribution in [0, 0.1) is 0 Å². The van der Waals surface area contributed by atoms with Gasteiger partial charge in [-0.25, -0.2) is 0 Å². The van der Waals surface area contributed by atoms with Gasteiger partial charge >= 0.3 is 0 Å². The van der Waals surface area contributed by atoms with Crippen LogP contribution in [0.3, 0.4) is 0 Å². The molecule has 0 bridgehead atoms. The molecular formula is C35H70INO13. The number of piperidine rings is 1. The second-order valence-electron chi connectivity index (χ2n) is 11.3. The Labute approximate surface area is 315 Å². The van der Waals surface area contributed by atoms with Crippen LogP contribution < -0.4 is 5.32 Å². The van der Waals surface area contributed by atoms with Gasteiger partial charge in [0.15, 0.2) is 0 Å². The van der Waals surface area contributed by atoms with Gasteiger partial charge in [-0.15, -0.1) is 0 Å². The maximum atomic E-state index is 5.79. The average Bonchev–Trinajstić information content (AvgIpc) is 3.14. The molecule has 0 amide bonds. The zero-order valence-corrected chi connectivity index (χ0v) is 33.0. The fraction of sp³-hybridized carbons (Fsp3) is 1.00. The van der Waals surface area contributed by atoms with Crippen LogP contribution >= 0.6 is 22.6 Å². The molecule has 0 aromatic carbocycles. The number of halogens is 1. The maximum absolute atomic E-state index is 5.79. The Morgan fingerprint density at radius 1 is 0.320 bits per heavy atom. The number of rotatable bonds is 43. The van der Waals surface area contributed by atoms with E-state index in [-0.39, 0.29) is 0 Å². The fourth-order valence-electron chi connectivity index (χ4n) is 4.41. The molecule has 0 saturated carbocycles. The third-order valence-corrected chi connectivity index (χ3v) is 7.89. The molecule has 0 aromatic heterocycles. The SMILES string of the molecule is ICCCCCCOCCOCCOCCOCCOCCOCCOCCOCCOCCOCCOCCOCCOC1CCNCC1. The molecule has 1 saturated heterocycles. The van der Waals surface area contributed by atoms with Gasteiger partial charge in [0.25, 0.3) is 0 Å². The Bertz CT molecular complexity index is 627. The molecule has 0 aromatic rings. The summed E-state index contributed by atoms with van der Waals surface area (Å²) in [5.41, 5.74) is 0. The molecule has 1 aliphatic heterocycles. The van der Waals surface area contributed by atoms with Gasteiger partial charge in [-0.1, -0.05) is 35.4 Å². The largest absolute Gasteiger partial charge is 0.379 e. The Hall–Kier alpha value is 0.170. The van der Waals surface area contributed by atoms with Gasteiger partial charge in [-0.2, -0.15) is 0 Å². The molecule has 1 fully saturated rings. The van der Waals surface area contributed by atoms with Crippen LogP contribution in [0.15, 0.2) is 0 Å².